The van der Waals surface area contributed by atoms with Gasteiger partial charge in [0.2, 0.25) is 0 Å². The molecule has 1 aliphatic rings. The molecule has 0 bridgehead atoms. The molecule has 17 heavy (non-hydrogen) atoms. The van der Waals surface area contributed by atoms with E-state index in [9.17, 15) is 0 Å². The van der Waals surface area contributed by atoms with Crippen molar-refractivity contribution in [3.05, 3.63) is 57.2 Å². The Morgan fingerprint density at radius 2 is 2.12 bits per heavy atom. The lowest BCUT2D eigenvalue weighted by Gasteiger charge is -2.20. The van der Waals surface area contributed by atoms with Crippen LogP contribution in [0.3, 0.4) is 0 Å². The average Bonchev–Trinajstić information content (AvgIpc) is 2.85. The molecular formula is C13H13N3S. The largest absolute Gasteiger partial charge is 0.293 e. The van der Waals surface area contributed by atoms with Gasteiger partial charge in [0.05, 0.1) is 0 Å². The van der Waals surface area contributed by atoms with E-state index in [1.165, 1.54) is 10.8 Å². The SMILES string of the molecule is C1=c2ccsc2=NCN1NCc1ccccc1. The van der Waals surface area contributed by atoms with Crippen LogP contribution in [0.4, 0.5) is 0 Å². The van der Waals surface area contributed by atoms with Crippen LogP contribution < -0.4 is 15.3 Å². The van der Waals surface area contributed by atoms with Crippen LogP contribution in [-0.2, 0) is 6.54 Å². The van der Waals surface area contributed by atoms with Crippen molar-refractivity contribution in [2.24, 2.45) is 4.99 Å². The molecule has 3 nitrogen and oxygen atoms in total. The Morgan fingerprint density at radius 3 is 3.00 bits per heavy atom. The van der Waals surface area contributed by atoms with E-state index in [1.54, 1.807) is 11.3 Å². The van der Waals surface area contributed by atoms with E-state index in [1.807, 2.05) is 11.1 Å². The van der Waals surface area contributed by atoms with Crippen LogP contribution in [0.1, 0.15) is 5.56 Å². The van der Waals surface area contributed by atoms with Crippen LogP contribution >= 0.6 is 11.3 Å². The van der Waals surface area contributed by atoms with Crippen molar-refractivity contribution < 1.29 is 0 Å². The summed E-state index contributed by atoms with van der Waals surface area (Å²) < 4.78 is 1.13. The first-order valence-corrected chi connectivity index (χ1v) is 6.44. The summed E-state index contributed by atoms with van der Waals surface area (Å²) in [5.41, 5.74) is 4.63. The predicted octanol–water partition coefficient (Wildman–Crippen LogP) is 1.08. The molecule has 1 N–H and O–H groups in total. The summed E-state index contributed by atoms with van der Waals surface area (Å²) in [7, 11) is 0. The monoisotopic (exact) mass is 243 g/mol. The van der Waals surface area contributed by atoms with E-state index in [4.69, 9.17) is 0 Å². The van der Waals surface area contributed by atoms with Crippen LogP contribution in [0.15, 0.2) is 46.8 Å². The number of hydrazine groups is 1. The van der Waals surface area contributed by atoms with Gasteiger partial charge in [-0.2, -0.15) is 0 Å². The minimum absolute atomic E-state index is 0.681. The quantitative estimate of drug-likeness (QED) is 0.873. The number of fused-ring (bicyclic) bond motifs is 1. The number of nitrogens with zero attached hydrogens (tertiary/aromatic N) is 2. The van der Waals surface area contributed by atoms with E-state index in [-0.39, 0.29) is 0 Å². The van der Waals surface area contributed by atoms with E-state index in [0.717, 1.165) is 11.2 Å². The Bertz CT molecular complexity index is 603. The fraction of sp³-hybridized carbons (Fsp3) is 0.154. The Labute approximate surface area is 104 Å². The summed E-state index contributed by atoms with van der Waals surface area (Å²) in [5.74, 6) is 0. The Hall–Kier alpha value is -1.65. The number of nitrogens with one attached hydrogen (secondary N) is 1. The molecule has 1 aromatic carbocycles. The lowest BCUT2D eigenvalue weighted by Crippen LogP contribution is -2.40. The van der Waals surface area contributed by atoms with Crippen molar-refractivity contribution in [2.45, 2.75) is 6.54 Å². The van der Waals surface area contributed by atoms with Crippen LogP contribution in [-0.4, -0.2) is 11.7 Å². The molecule has 2 aromatic rings. The van der Waals surface area contributed by atoms with Crippen molar-refractivity contribution in [1.29, 1.82) is 0 Å². The molecule has 2 heterocycles. The molecule has 1 aliphatic heterocycles. The zero-order chi connectivity index (χ0) is 11.5. The number of benzene rings is 1. The predicted molar refractivity (Wildman–Crippen MR) is 69.6 cm³/mol. The second-order valence-corrected chi connectivity index (χ2v) is 4.79. The van der Waals surface area contributed by atoms with E-state index in [0.29, 0.717) is 6.67 Å². The zero-order valence-electron chi connectivity index (χ0n) is 9.34. The molecule has 0 fully saturated rings. The van der Waals surface area contributed by atoms with E-state index >= 15 is 0 Å². The molecule has 0 unspecified atom stereocenters. The Kier molecular flexibility index (Phi) is 2.90. The summed E-state index contributed by atoms with van der Waals surface area (Å²) in [6.45, 7) is 1.51. The summed E-state index contributed by atoms with van der Waals surface area (Å²) >= 11 is 1.69. The van der Waals surface area contributed by atoms with Gasteiger partial charge in [0.25, 0.3) is 0 Å². The molecule has 0 saturated carbocycles. The number of thiophene rings is 1. The third-order valence-corrected chi connectivity index (χ3v) is 3.53. The first-order valence-electron chi connectivity index (χ1n) is 5.56. The maximum absolute atomic E-state index is 4.50. The van der Waals surface area contributed by atoms with Crippen molar-refractivity contribution in [3.8, 4) is 0 Å². The molecule has 1 aromatic heterocycles. The minimum atomic E-state index is 0.681. The minimum Gasteiger partial charge on any atom is -0.293 e. The number of hydrogen-bond donors (Lipinski definition) is 1. The highest BCUT2D eigenvalue weighted by molar-refractivity contribution is 7.07. The topological polar surface area (TPSA) is 27.6 Å². The second kappa shape index (κ2) is 4.69. The standard InChI is InChI=1S/C13H13N3S/c1-2-4-11(5-3-1)8-15-16-9-12-6-7-17-13(12)14-10-16/h1-7,9,15H,8,10H2. The highest BCUT2D eigenvalue weighted by Crippen LogP contribution is 1.99. The smallest absolute Gasteiger partial charge is 0.125 e. The molecule has 3 rings (SSSR count). The molecule has 86 valence electrons. The van der Waals surface area contributed by atoms with Gasteiger partial charge in [-0.3, -0.25) is 10.0 Å². The van der Waals surface area contributed by atoms with Crippen LogP contribution in [0.2, 0.25) is 0 Å². The third-order valence-electron chi connectivity index (χ3n) is 2.66. The van der Waals surface area contributed by atoms with E-state index < -0.39 is 0 Å². The normalized spacial score (nSPS) is 13.8. The molecule has 0 radical (unpaired) electrons. The lowest BCUT2D eigenvalue weighted by molar-refractivity contribution is 0.298. The highest BCUT2D eigenvalue weighted by Gasteiger charge is 2.03. The van der Waals surface area contributed by atoms with Crippen molar-refractivity contribution in [1.82, 2.24) is 10.4 Å². The first-order chi connectivity index (χ1) is 8.42. The average molecular weight is 243 g/mol. The van der Waals surface area contributed by atoms with Gasteiger partial charge in [0.1, 0.15) is 11.3 Å². The van der Waals surface area contributed by atoms with Gasteiger partial charge in [0, 0.05) is 18.0 Å². The maximum atomic E-state index is 4.50. The summed E-state index contributed by atoms with van der Waals surface area (Å²) in [6.07, 6.45) is 2.11. The maximum Gasteiger partial charge on any atom is 0.125 e. The Balaban J connectivity index is 1.69. The number of hydrogen-bond acceptors (Lipinski definition) is 4. The summed E-state index contributed by atoms with van der Waals surface area (Å²) in [5, 5.41) is 5.30. The zero-order valence-corrected chi connectivity index (χ0v) is 10.2. The molecule has 0 atom stereocenters. The van der Waals surface area contributed by atoms with Crippen LogP contribution in [0.25, 0.3) is 6.20 Å². The van der Waals surface area contributed by atoms with Gasteiger partial charge in [-0.1, -0.05) is 30.3 Å². The van der Waals surface area contributed by atoms with Crippen molar-refractivity contribution in [3.63, 3.8) is 0 Å². The molecule has 0 spiro atoms. The van der Waals surface area contributed by atoms with Crippen LogP contribution in [0, 0.1) is 0 Å². The van der Waals surface area contributed by atoms with Gasteiger partial charge < -0.3 is 0 Å². The molecule has 0 saturated heterocycles. The third kappa shape index (κ3) is 2.38. The van der Waals surface area contributed by atoms with Crippen LogP contribution in [0.5, 0.6) is 0 Å². The molecular weight excluding hydrogens is 230 g/mol. The van der Waals surface area contributed by atoms with Crippen molar-refractivity contribution in [2.75, 3.05) is 6.67 Å². The Morgan fingerprint density at radius 1 is 1.24 bits per heavy atom. The highest BCUT2D eigenvalue weighted by atomic mass is 32.1. The fourth-order valence-corrected chi connectivity index (χ4v) is 2.50. The second-order valence-electron chi connectivity index (χ2n) is 3.90. The van der Waals surface area contributed by atoms with E-state index in [2.05, 4.69) is 52.3 Å². The molecule has 4 heteroatoms. The van der Waals surface area contributed by atoms with Crippen molar-refractivity contribution >= 4 is 17.5 Å². The number of rotatable bonds is 3. The van der Waals surface area contributed by atoms with Gasteiger partial charge in [-0.15, -0.1) is 11.3 Å². The summed E-state index contributed by atoms with van der Waals surface area (Å²) in [4.78, 5) is 4.50. The fourth-order valence-electron chi connectivity index (χ4n) is 1.77. The van der Waals surface area contributed by atoms with Gasteiger partial charge in [-0.25, -0.2) is 5.43 Å². The molecule has 0 amide bonds. The first kappa shape index (κ1) is 10.5. The summed E-state index contributed by atoms with van der Waals surface area (Å²) in [6, 6.07) is 12.5. The van der Waals surface area contributed by atoms with Gasteiger partial charge in [-0.05, 0) is 17.0 Å². The van der Waals surface area contributed by atoms with Gasteiger partial charge in [0.15, 0.2) is 0 Å². The van der Waals surface area contributed by atoms with Gasteiger partial charge >= 0.3 is 0 Å². The lowest BCUT2D eigenvalue weighted by atomic mass is 10.2. The molecule has 0 aliphatic carbocycles.